The molecule has 0 N–H and O–H groups in total. The summed E-state index contributed by atoms with van der Waals surface area (Å²) < 4.78 is 2.33. The van der Waals surface area contributed by atoms with Gasteiger partial charge in [0.05, 0.1) is 11.3 Å². The molecule has 0 fully saturated rings. The summed E-state index contributed by atoms with van der Waals surface area (Å²) in [6, 6.07) is 45.1. The fourth-order valence-corrected chi connectivity index (χ4v) is 6.53. The van der Waals surface area contributed by atoms with Gasteiger partial charge in [0.1, 0.15) is 0 Å². The quantitative estimate of drug-likeness (QED) is 0.0994. The minimum absolute atomic E-state index is 0. The number of benzene rings is 6. The normalized spacial score (nSPS) is 12.7. The Labute approximate surface area is 282 Å². The maximum atomic E-state index is 4.92. The summed E-state index contributed by atoms with van der Waals surface area (Å²) in [6.07, 6.45) is 6.03. The third-order valence-electron chi connectivity index (χ3n) is 8.67. The van der Waals surface area contributed by atoms with Crippen molar-refractivity contribution < 1.29 is 20.1 Å². The van der Waals surface area contributed by atoms with E-state index in [0.717, 1.165) is 22.4 Å². The Bertz CT molecular complexity index is 2390. The van der Waals surface area contributed by atoms with Crippen molar-refractivity contribution in [2.24, 2.45) is 0 Å². The van der Waals surface area contributed by atoms with Gasteiger partial charge < -0.3 is 14.2 Å². The first-order chi connectivity index (χ1) is 22.0. The number of nitrogens with zero attached hydrogens (tertiary/aromatic N) is 4. The van der Waals surface area contributed by atoms with Crippen LogP contribution in [0.25, 0.3) is 60.1 Å². The Kier molecular flexibility index (Phi) is 7.82. The molecule has 0 spiro atoms. The molecular weight excluding hydrogens is 741 g/mol. The summed E-state index contributed by atoms with van der Waals surface area (Å²) in [5.74, 6) is 0. The molecule has 1 aliphatic rings. The SMILES string of the molecule is CN1C=CN(c2[c-]cccc2)[CH-]1.Cc1cccc(C)c1-c1cnc2c3[c-]cccc3c3cc4cc5ccccc5cc4cc3n12.[Ir+3]. The number of aromatic nitrogens is 2. The van der Waals surface area contributed by atoms with Crippen LogP contribution < -0.4 is 4.90 Å². The van der Waals surface area contributed by atoms with Crippen molar-refractivity contribution in [3.63, 3.8) is 0 Å². The van der Waals surface area contributed by atoms with E-state index in [1.807, 2.05) is 72.4 Å². The van der Waals surface area contributed by atoms with Crippen LogP contribution in [-0.2, 0) is 20.1 Å². The Morgan fingerprint density at radius 1 is 0.674 bits per heavy atom. The van der Waals surface area contributed by atoms with E-state index in [9.17, 15) is 0 Å². The average Bonchev–Trinajstić information content (AvgIpc) is 3.71. The number of hydrogen-bond acceptors (Lipinski definition) is 3. The van der Waals surface area contributed by atoms with Crippen LogP contribution in [0, 0.1) is 32.6 Å². The van der Waals surface area contributed by atoms with Crippen LogP contribution in [0.4, 0.5) is 5.69 Å². The van der Waals surface area contributed by atoms with Gasteiger partial charge in [0.2, 0.25) is 0 Å². The maximum absolute atomic E-state index is 4.92. The molecule has 3 heterocycles. The number of rotatable bonds is 2. The molecule has 5 heteroatoms. The topological polar surface area (TPSA) is 23.8 Å². The van der Waals surface area contributed by atoms with Crippen LogP contribution in [-0.4, -0.2) is 21.3 Å². The molecule has 8 aromatic rings. The second-order valence-electron chi connectivity index (χ2n) is 11.7. The Balaban J connectivity index is 0.000000220. The van der Waals surface area contributed by atoms with Crippen molar-refractivity contribution in [3.05, 3.63) is 158 Å². The number of fused-ring (bicyclic) bond motifs is 8. The van der Waals surface area contributed by atoms with Gasteiger partial charge in [-0.3, -0.25) is 4.98 Å². The van der Waals surface area contributed by atoms with E-state index in [1.54, 1.807) is 0 Å². The van der Waals surface area contributed by atoms with Gasteiger partial charge in [0.25, 0.3) is 0 Å². The summed E-state index contributed by atoms with van der Waals surface area (Å²) in [5.41, 5.74) is 8.09. The smallest absolute Gasteiger partial charge is 0.510 e. The first-order valence-electron chi connectivity index (χ1n) is 15.2. The van der Waals surface area contributed by atoms with Crippen molar-refractivity contribution in [2.45, 2.75) is 13.8 Å². The van der Waals surface area contributed by atoms with Crippen LogP contribution >= 0.6 is 0 Å². The predicted octanol–water partition coefficient (Wildman–Crippen LogP) is 9.86. The van der Waals surface area contributed by atoms with Crippen molar-refractivity contribution in [2.75, 3.05) is 11.9 Å². The summed E-state index contributed by atoms with van der Waals surface area (Å²) in [5, 5.41) is 8.48. The molecule has 224 valence electrons. The summed E-state index contributed by atoms with van der Waals surface area (Å²) in [4.78, 5) is 8.95. The zero-order valence-corrected chi connectivity index (χ0v) is 28.2. The molecule has 0 atom stereocenters. The third kappa shape index (κ3) is 5.12. The van der Waals surface area contributed by atoms with E-state index in [2.05, 4.69) is 109 Å². The van der Waals surface area contributed by atoms with Crippen LogP contribution in [0.1, 0.15) is 11.1 Å². The van der Waals surface area contributed by atoms with Gasteiger partial charge in [-0.05, 0) is 89.6 Å². The van der Waals surface area contributed by atoms with E-state index in [0.29, 0.717) is 0 Å². The number of imidazole rings is 1. The van der Waals surface area contributed by atoms with Crippen LogP contribution in [0.3, 0.4) is 0 Å². The molecule has 4 nitrogen and oxygen atoms in total. The van der Waals surface area contributed by atoms with E-state index in [1.165, 1.54) is 54.5 Å². The molecular formula is C41H31IrN4. The number of aryl methyl sites for hydroxylation is 2. The Morgan fingerprint density at radius 3 is 2.09 bits per heavy atom. The molecule has 0 bridgehead atoms. The Hall–Kier alpha value is -4.96. The number of para-hydroxylation sites is 1. The van der Waals surface area contributed by atoms with Gasteiger partial charge in [0.15, 0.2) is 0 Å². The van der Waals surface area contributed by atoms with Gasteiger partial charge in [-0.15, -0.1) is 35.3 Å². The Morgan fingerprint density at radius 2 is 1.39 bits per heavy atom. The second-order valence-corrected chi connectivity index (χ2v) is 11.7. The van der Waals surface area contributed by atoms with Crippen LogP contribution in [0.2, 0.25) is 0 Å². The van der Waals surface area contributed by atoms with E-state index in [-0.39, 0.29) is 20.1 Å². The monoisotopic (exact) mass is 772 g/mol. The third-order valence-corrected chi connectivity index (χ3v) is 8.67. The number of hydrogen-bond donors (Lipinski definition) is 0. The van der Waals surface area contributed by atoms with Gasteiger partial charge in [-0.1, -0.05) is 53.9 Å². The molecule has 46 heavy (non-hydrogen) atoms. The van der Waals surface area contributed by atoms with Crippen molar-refractivity contribution >= 4 is 54.6 Å². The molecule has 0 amide bonds. The van der Waals surface area contributed by atoms with Gasteiger partial charge in [-0.2, -0.15) is 37.0 Å². The second kappa shape index (κ2) is 12.1. The largest absolute Gasteiger partial charge is 3.00 e. The fourth-order valence-electron chi connectivity index (χ4n) is 6.53. The first kappa shape index (κ1) is 29.7. The van der Waals surface area contributed by atoms with Crippen molar-refractivity contribution in [1.82, 2.24) is 14.3 Å². The van der Waals surface area contributed by atoms with Gasteiger partial charge >= 0.3 is 20.1 Å². The molecule has 2 aromatic heterocycles. The van der Waals surface area contributed by atoms with Crippen molar-refractivity contribution in [1.29, 1.82) is 0 Å². The molecule has 9 rings (SSSR count). The molecule has 0 saturated heterocycles. The summed E-state index contributed by atoms with van der Waals surface area (Å²) in [6.45, 7) is 6.36. The molecule has 0 radical (unpaired) electrons. The number of anilines is 1. The molecule has 0 unspecified atom stereocenters. The maximum Gasteiger partial charge on any atom is 3.00 e. The average molecular weight is 772 g/mol. The summed E-state index contributed by atoms with van der Waals surface area (Å²) in [7, 11) is 2.00. The van der Waals surface area contributed by atoms with E-state index in [4.69, 9.17) is 4.98 Å². The minimum Gasteiger partial charge on any atom is -0.510 e. The molecule has 0 aliphatic carbocycles. The minimum atomic E-state index is 0. The molecule has 6 aromatic carbocycles. The standard InChI is InChI=1S/C31H21N2.C10H10N2.Ir/c1-19-8-7-9-20(2)30(19)29-18-32-31-26-13-6-5-12-25(26)27-16-23-14-21-10-3-4-11-22(21)15-24(23)17-28(27)33(29)31;1-11-7-8-12(9-11)10-5-3-2-4-6-10;/h3-12,14-18H,1-2H3;2-5,7-9H,1H3;/q-1;-2;+3. The number of pyridine rings is 1. The van der Waals surface area contributed by atoms with Crippen LogP contribution in [0.15, 0.2) is 128 Å². The van der Waals surface area contributed by atoms with Gasteiger partial charge in [-0.25, -0.2) is 0 Å². The predicted molar refractivity (Wildman–Crippen MR) is 188 cm³/mol. The van der Waals surface area contributed by atoms with Gasteiger partial charge in [0, 0.05) is 17.3 Å². The van der Waals surface area contributed by atoms with Crippen molar-refractivity contribution in [3.8, 4) is 11.3 Å². The van der Waals surface area contributed by atoms with Crippen LogP contribution in [0.5, 0.6) is 0 Å². The molecule has 1 aliphatic heterocycles. The van der Waals surface area contributed by atoms with E-state index >= 15 is 0 Å². The molecule has 0 saturated carbocycles. The first-order valence-corrected chi connectivity index (χ1v) is 15.2. The summed E-state index contributed by atoms with van der Waals surface area (Å²) >= 11 is 0. The fraction of sp³-hybridized carbons (Fsp3) is 0.0732. The zero-order chi connectivity index (χ0) is 30.5. The van der Waals surface area contributed by atoms with E-state index < -0.39 is 0 Å². The zero-order valence-electron chi connectivity index (χ0n) is 25.8.